The largest absolute Gasteiger partial charge is 0.461 e. The average molecular weight is 399 g/mol. The first-order chi connectivity index (χ1) is 13.5. The van der Waals surface area contributed by atoms with Gasteiger partial charge in [0.05, 0.1) is 5.56 Å². The lowest BCUT2D eigenvalue weighted by molar-refractivity contribution is 0.0442. The predicted molar refractivity (Wildman–Crippen MR) is 105 cm³/mol. The van der Waals surface area contributed by atoms with E-state index in [1.54, 1.807) is 42.5 Å². The lowest BCUT2D eigenvalue weighted by Crippen LogP contribution is -2.49. The smallest absolute Gasteiger partial charge is 0.338 e. The number of carbonyl (C=O) groups excluding carboxylic acids is 1. The summed E-state index contributed by atoms with van der Waals surface area (Å²) in [7, 11) is -3.59. The Hall–Kier alpha value is -2.71. The second-order valence-corrected chi connectivity index (χ2v) is 8.29. The van der Waals surface area contributed by atoms with E-state index in [9.17, 15) is 13.2 Å². The summed E-state index contributed by atoms with van der Waals surface area (Å²) < 4.78 is 33.8. The van der Waals surface area contributed by atoms with E-state index in [-0.39, 0.29) is 10.9 Å². The van der Waals surface area contributed by atoms with Crippen LogP contribution in [0.4, 0.5) is 0 Å². The third-order valence-corrected chi connectivity index (χ3v) is 6.26. The maximum absolute atomic E-state index is 12.2. The molecule has 1 fully saturated rings. The SMILES string of the molecule is O=C(OCCN1CCN(C2=NS(=O)(=O)c3ccccc32)CC1)c1ccccc1. The van der Waals surface area contributed by atoms with Crippen molar-refractivity contribution in [2.24, 2.45) is 4.40 Å². The van der Waals surface area contributed by atoms with Crippen LogP contribution in [0.2, 0.25) is 0 Å². The number of esters is 1. The molecule has 146 valence electrons. The van der Waals surface area contributed by atoms with Crippen molar-refractivity contribution >= 4 is 21.8 Å². The molecule has 0 bridgehead atoms. The molecule has 28 heavy (non-hydrogen) atoms. The topological polar surface area (TPSA) is 79.3 Å². The van der Waals surface area contributed by atoms with Gasteiger partial charge in [-0.15, -0.1) is 4.40 Å². The van der Waals surface area contributed by atoms with Gasteiger partial charge in [-0.25, -0.2) is 4.79 Å². The minimum absolute atomic E-state index is 0.278. The zero-order chi connectivity index (χ0) is 19.6. The van der Waals surface area contributed by atoms with Crippen LogP contribution in [-0.2, 0) is 14.8 Å². The normalized spacial score (nSPS) is 18.4. The third kappa shape index (κ3) is 3.79. The van der Waals surface area contributed by atoms with Crippen LogP contribution >= 0.6 is 0 Å². The number of hydrogen-bond acceptors (Lipinski definition) is 6. The van der Waals surface area contributed by atoms with Crippen LogP contribution in [0.1, 0.15) is 15.9 Å². The van der Waals surface area contributed by atoms with E-state index < -0.39 is 10.0 Å². The van der Waals surface area contributed by atoms with E-state index in [1.807, 2.05) is 17.0 Å². The lowest BCUT2D eigenvalue weighted by Gasteiger charge is -2.35. The Bertz CT molecular complexity index is 997. The van der Waals surface area contributed by atoms with Gasteiger partial charge in [0.15, 0.2) is 5.84 Å². The van der Waals surface area contributed by atoms with Gasteiger partial charge >= 0.3 is 5.97 Å². The van der Waals surface area contributed by atoms with Crippen molar-refractivity contribution in [1.82, 2.24) is 9.80 Å². The van der Waals surface area contributed by atoms with Crippen molar-refractivity contribution in [3.8, 4) is 0 Å². The highest BCUT2D eigenvalue weighted by molar-refractivity contribution is 7.90. The first-order valence-corrected chi connectivity index (χ1v) is 10.6. The van der Waals surface area contributed by atoms with Crippen LogP contribution < -0.4 is 0 Å². The fourth-order valence-corrected chi connectivity index (χ4v) is 4.65. The predicted octanol–water partition coefficient (Wildman–Crippen LogP) is 1.61. The van der Waals surface area contributed by atoms with Gasteiger partial charge in [-0.3, -0.25) is 4.90 Å². The molecule has 0 spiro atoms. The molecular weight excluding hydrogens is 378 g/mol. The van der Waals surface area contributed by atoms with Gasteiger partial charge in [-0.1, -0.05) is 30.3 Å². The molecule has 2 aromatic carbocycles. The average Bonchev–Trinajstić information content (AvgIpc) is 3.00. The lowest BCUT2D eigenvalue weighted by atomic mass is 10.1. The Labute approximate surface area is 164 Å². The summed E-state index contributed by atoms with van der Waals surface area (Å²) >= 11 is 0. The summed E-state index contributed by atoms with van der Waals surface area (Å²) in [6.45, 7) is 3.83. The quantitative estimate of drug-likeness (QED) is 0.727. The fourth-order valence-electron chi connectivity index (χ4n) is 3.42. The van der Waals surface area contributed by atoms with Crippen molar-refractivity contribution < 1.29 is 17.9 Å². The van der Waals surface area contributed by atoms with Gasteiger partial charge in [0.2, 0.25) is 0 Å². The zero-order valence-electron chi connectivity index (χ0n) is 15.3. The van der Waals surface area contributed by atoms with Gasteiger partial charge in [0.25, 0.3) is 10.0 Å². The number of fused-ring (bicyclic) bond motifs is 1. The molecule has 0 N–H and O–H groups in total. The van der Waals surface area contributed by atoms with Crippen molar-refractivity contribution in [1.29, 1.82) is 0 Å². The molecule has 0 saturated carbocycles. The van der Waals surface area contributed by atoms with Crippen LogP contribution in [0.15, 0.2) is 63.9 Å². The molecule has 0 aromatic heterocycles. The van der Waals surface area contributed by atoms with Crippen LogP contribution in [0.5, 0.6) is 0 Å². The van der Waals surface area contributed by atoms with Crippen LogP contribution in [0, 0.1) is 0 Å². The monoisotopic (exact) mass is 399 g/mol. The molecule has 4 rings (SSSR count). The van der Waals surface area contributed by atoms with E-state index in [1.165, 1.54) is 0 Å². The molecular formula is C20H21N3O4S. The number of hydrogen-bond donors (Lipinski definition) is 0. The molecule has 0 atom stereocenters. The van der Waals surface area contributed by atoms with Crippen molar-refractivity contribution in [2.75, 3.05) is 39.3 Å². The van der Waals surface area contributed by atoms with E-state index in [0.29, 0.717) is 43.2 Å². The maximum Gasteiger partial charge on any atom is 0.338 e. The molecule has 1 saturated heterocycles. The summed E-state index contributed by atoms with van der Waals surface area (Å²) in [6, 6.07) is 15.9. The van der Waals surface area contributed by atoms with Gasteiger partial charge in [-0.2, -0.15) is 8.42 Å². The van der Waals surface area contributed by atoms with Gasteiger partial charge in [-0.05, 0) is 24.3 Å². The second kappa shape index (κ2) is 7.73. The van der Waals surface area contributed by atoms with Crippen molar-refractivity contribution in [2.45, 2.75) is 4.90 Å². The number of piperazine rings is 1. The van der Waals surface area contributed by atoms with Gasteiger partial charge < -0.3 is 9.64 Å². The number of benzene rings is 2. The number of amidine groups is 1. The standard InChI is InChI=1S/C20H21N3O4S/c24-20(16-6-2-1-3-7-16)27-15-14-22-10-12-23(13-11-22)19-17-8-4-5-9-18(17)28(25,26)21-19/h1-9H,10-15H2. The molecule has 2 aliphatic rings. The third-order valence-electron chi connectivity index (χ3n) is 4.93. The maximum atomic E-state index is 12.2. The molecule has 7 nitrogen and oxygen atoms in total. The van der Waals surface area contributed by atoms with E-state index >= 15 is 0 Å². The Morgan fingerprint density at radius 1 is 0.964 bits per heavy atom. The minimum Gasteiger partial charge on any atom is -0.461 e. The number of carbonyl (C=O) groups is 1. The van der Waals surface area contributed by atoms with Crippen molar-refractivity contribution in [3.63, 3.8) is 0 Å². The van der Waals surface area contributed by atoms with E-state index in [2.05, 4.69) is 9.30 Å². The molecule has 2 aliphatic heterocycles. The molecule has 0 unspecified atom stereocenters. The first-order valence-electron chi connectivity index (χ1n) is 9.18. The fraction of sp³-hybridized carbons (Fsp3) is 0.300. The molecule has 0 radical (unpaired) electrons. The highest BCUT2D eigenvalue weighted by Gasteiger charge is 2.32. The first kappa shape index (κ1) is 18.6. The van der Waals surface area contributed by atoms with E-state index in [4.69, 9.17) is 4.74 Å². The number of nitrogens with zero attached hydrogens (tertiary/aromatic N) is 3. The number of sulfonamides is 1. The number of ether oxygens (including phenoxy) is 1. The Balaban J connectivity index is 1.29. The summed E-state index contributed by atoms with van der Waals surface area (Å²) in [5.41, 5.74) is 1.22. The molecule has 2 heterocycles. The summed E-state index contributed by atoms with van der Waals surface area (Å²) in [6.07, 6.45) is 0. The van der Waals surface area contributed by atoms with Crippen LogP contribution in [0.25, 0.3) is 0 Å². The second-order valence-electron chi connectivity index (χ2n) is 6.72. The number of rotatable bonds is 4. The Kier molecular flexibility index (Phi) is 5.15. The Morgan fingerprint density at radius 3 is 2.39 bits per heavy atom. The summed E-state index contributed by atoms with van der Waals surface area (Å²) in [4.78, 5) is 16.5. The molecule has 0 amide bonds. The Morgan fingerprint density at radius 2 is 1.64 bits per heavy atom. The molecule has 0 aliphatic carbocycles. The van der Waals surface area contributed by atoms with Crippen molar-refractivity contribution in [3.05, 3.63) is 65.7 Å². The highest BCUT2D eigenvalue weighted by atomic mass is 32.2. The van der Waals surface area contributed by atoms with Crippen LogP contribution in [0.3, 0.4) is 0 Å². The minimum atomic E-state index is -3.59. The highest BCUT2D eigenvalue weighted by Crippen LogP contribution is 2.27. The van der Waals surface area contributed by atoms with Crippen LogP contribution in [-0.4, -0.2) is 69.4 Å². The molecule has 2 aromatic rings. The molecule has 8 heteroatoms. The van der Waals surface area contributed by atoms with E-state index in [0.717, 1.165) is 13.1 Å². The summed E-state index contributed by atoms with van der Waals surface area (Å²) in [5, 5.41) is 0. The zero-order valence-corrected chi connectivity index (χ0v) is 16.1. The summed E-state index contributed by atoms with van der Waals surface area (Å²) in [5.74, 6) is 0.215. The van der Waals surface area contributed by atoms with Gasteiger partial charge in [0.1, 0.15) is 11.5 Å². The van der Waals surface area contributed by atoms with Gasteiger partial charge in [0, 0.05) is 38.3 Å².